The number of nitrogens with two attached hydrogens (primary N) is 3. The number of aliphatic hydroxyl groups is 5. The SMILES string of the molecule is Nc1nc(N)c(C(O)C(O)C(O)C(O)CO)c(N)n1. The quantitative estimate of drug-likeness (QED) is 0.264. The van der Waals surface area contributed by atoms with Gasteiger partial charge in [-0.3, -0.25) is 0 Å². The number of aromatic nitrogens is 2. The smallest absolute Gasteiger partial charge is 0.223 e. The van der Waals surface area contributed by atoms with Crippen molar-refractivity contribution in [3.05, 3.63) is 5.56 Å². The Hall–Kier alpha value is -1.72. The first-order valence-electron chi connectivity index (χ1n) is 5.31. The molecule has 0 aromatic carbocycles. The summed E-state index contributed by atoms with van der Waals surface area (Å²) < 4.78 is 0. The molecule has 1 rings (SSSR count). The number of aliphatic hydroxyl groups excluding tert-OH is 5. The van der Waals surface area contributed by atoms with Crippen LogP contribution in [0.5, 0.6) is 0 Å². The third-order valence-corrected chi connectivity index (χ3v) is 2.57. The summed E-state index contributed by atoms with van der Waals surface area (Å²) in [5.41, 5.74) is 16.1. The number of nitrogens with zero attached hydrogens (tertiary/aromatic N) is 2. The lowest BCUT2D eigenvalue weighted by Crippen LogP contribution is -2.43. The molecule has 0 saturated heterocycles. The van der Waals surface area contributed by atoms with Gasteiger partial charge in [0.15, 0.2) is 0 Å². The van der Waals surface area contributed by atoms with Gasteiger partial charge in [-0.05, 0) is 0 Å². The van der Waals surface area contributed by atoms with E-state index >= 15 is 0 Å². The fourth-order valence-corrected chi connectivity index (χ4v) is 1.52. The van der Waals surface area contributed by atoms with Gasteiger partial charge in [0.1, 0.15) is 36.1 Å². The number of anilines is 3. The van der Waals surface area contributed by atoms with Gasteiger partial charge in [-0.15, -0.1) is 0 Å². The summed E-state index contributed by atoms with van der Waals surface area (Å²) >= 11 is 0. The topological polar surface area (TPSA) is 205 Å². The van der Waals surface area contributed by atoms with E-state index in [0.29, 0.717) is 0 Å². The normalized spacial score (nSPS) is 17.7. The van der Waals surface area contributed by atoms with Gasteiger partial charge < -0.3 is 42.7 Å². The van der Waals surface area contributed by atoms with Crippen molar-refractivity contribution in [1.82, 2.24) is 9.97 Å². The highest BCUT2D eigenvalue weighted by Crippen LogP contribution is 2.28. The molecule has 0 bridgehead atoms. The summed E-state index contributed by atoms with van der Waals surface area (Å²) in [7, 11) is 0. The van der Waals surface area contributed by atoms with Crippen molar-refractivity contribution in [2.75, 3.05) is 23.8 Å². The molecule has 108 valence electrons. The lowest BCUT2D eigenvalue weighted by molar-refractivity contribution is -0.116. The zero-order valence-electron chi connectivity index (χ0n) is 9.88. The Morgan fingerprint density at radius 1 is 0.895 bits per heavy atom. The van der Waals surface area contributed by atoms with Crippen molar-refractivity contribution in [3.8, 4) is 0 Å². The molecule has 1 heterocycles. The second kappa shape index (κ2) is 5.95. The van der Waals surface area contributed by atoms with Crippen LogP contribution in [0.15, 0.2) is 0 Å². The number of nitrogen functional groups attached to an aromatic ring is 3. The summed E-state index contributed by atoms with van der Waals surface area (Å²) in [6.07, 6.45) is -7.05. The Labute approximate surface area is 108 Å². The zero-order valence-corrected chi connectivity index (χ0v) is 9.88. The molecule has 4 unspecified atom stereocenters. The Morgan fingerprint density at radius 2 is 1.37 bits per heavy atom. The summed E-state index contributed by atoms with van der Waals surface area (Å²) in [4.78, 5) is 7.12. The molecule has 10 heteroatoms. The summed E-state index contributed by atoms with van der Waals surface area (Å²) in [6, 6.07) is 0. The lowest BCUT2D eigenvalue weighted by atomic mass is 9.98. The Morgan fingerprint density at radius 3 is 1.79 bits per heavy atom. The van der Waals surface area contributed by atoms with E-state index < -0.39 is 31.0 Å². The molecular formula is C9H17N5O5. The maximum absolute atomic E-state index is 9.87. The molecule has 0 aliphatic carbocycles. The highest BCUT2D eigenvalue weighted by molar-refractivity contribution is 5.57. The van der Waals surface area contributed by atoms with Crippen LogP contribution in [0.25, 0.3) is 0 Å². The van der Waals surface area contributed by atoms with Crippen molar-refractivity contribution in [2.24, 2.45) is 0 Å². The molecule has 10 nitrogen and oxygen atoms in total. The summed E-state index contributed by atoms with van der Waals surface area (Å²) in [6.45, 7) is -0.797. The van der Waals surface area contributed by atoms with Gasteiger partial charge in [-0.25, -0.2) is 0 Å². The van der Waals surface area contributed by atoms with Crippen LogP contribution < -0.4 is 17.2 Å². The van der Waals surface area contributed by atoms with E-state index in [1.807, 2.05) is 0 Å². The molecule has 0 aliphatic heterocycles. The average Bonchev–Trinajstić information content (AvgIpc) is 2.34. The van der Waals surface area contributed by atoms with Gasteiger partial charge in [0.2, 0.25) is 5.95 Å². The number of hydrogen-bond acceptors (Lipinski definition) is 10. The zero-order chi connectivity index (χ0) is 14.7. The number of hydrogen-bond donors (Lipinski definition) is 8. The van der Waals surface area contributed by atoms with Gasteiger partial charge in [0, 0.05) is 0 Å². The minimum Gasteiger partial charge on any atom is -0.394 e. The van der Waals surface area contributed by atoms with Crippen LogP contribution in [0.4, 0.5) is 17.6 Å². The Balaban J connectivity index is 3.03. The van der Waals surface area contributed by atoms with Crippen molar-refractivity contribution in [1.29, 1.82) is 0 Å². The monoisotopic (exact) mass is 275 g/mol. The van der Waals surface area contributed by atoms with Crippen LogP contribution in [0.2, 0.25) is 0 Å². The van der Waals surface area contributed by atoms with Gasteiger partial charge >= 0.3 is 0 Å². The predicted molar refractivity (Wildman–Crippen MR) is 65.3 cm³/mol. The van der Waals surface area contributed by atoms with Crippen molar-refractivity contribution >= 4 is 17.6 Å². The van der Waals surface area contributed by atoms with E-state index in [4.69, 9.17) is 22.3 Å². The molecule has 19 heavy (non-hydrogen) atoms. The highest BCUT2D eigenvalue weighted by Gasteiger charge is 2.33. The van der Waals surface area contributed by atoms with Gasteiger partial charge in [0.05, 0.1) is 12.2 Å². The average molecular weight is 275 g/mol. The number of rotatable bonds is 5. The maximum atomic E-state index is 9.87. The Kier molecular flexibility index (Phi) is 4.80. The van der Waals surface area contributed by atoms with Gasteiger partial charge in [0.25, 0.3) is 0 Å². The van der Waals surface area contributed by atoms with E-state index in [1.54, 1.807) is 0 Å². The third-order valence-electron chi connectivity index (χ3n) is 2.57. The second-order valence-electron chi connectivity index (χ2n) is 3.94. The van der Waals surface area contributed by atoms with Crippen LogP contribution >= 0.6 is 0 Å². The maximum Gasteiger partial charge on any atom is 0.223 e. The molecule has 0 spiro atoms. The second-order valence-corrected chi connectivity index (χ2v) is 3.94. The van der Waals surface area contributed by atoms with Crippen LogP contribution in [0.3, 0.4) is 0 Å². The molecule has 0 fully saturated rings. The van der Waals surface area contributed by atoms with E-state index in [0.717, 1.165) is 0 Å². The molecular weight excluding hydrogens is 258 g/mol. The highest BCUT2D eigenvalue weighted by atomic mass is 16.4. The minimum atomic E-state index is -1.85. The molecule has 0 radical (unpaired) electrons. The molecule has 0 saturated carbocycles. The van der Waals surface area contributed by atoms with Gasteiger partial charge in [-0.2, -0.15) is 9.97 Å². The fourth-order valence-electron chi connectivity index (χ4n) is 1.52. The van der Waals surface area contributed by atoms with Crippen LogP contribution in [-0.2, 0) is 0 Å². The molecule has 0 aliphatic rings. The van der Waals surface area contributed by atoms with Crippen molar-refractivity contribution < 1.29 is 25.5 Å². The first kappa shape index (κ1) is 15.3. The largest absolute Gasteiger partial charge is 0.394 e. The summed E-state index contributed by atoms with van der Waals surface area (Å²) in [5.74, 6) is -0.735. The fraction of sp³-hybridized carbons (Fsp3) is 0.556. The van der Waals surface area contributed by atoms with E-state index in [-0.39, 0.29) is 23.1 Å². The molecule has 1 aromatic heterocycles. The van der Waals surface area contributed by atoms with Crippen LogP contribution in [-0.4, -0.2) is 60.4 Å². The van der Waals surface area contributed by atoms with Gasteiger partial charge in [-0.1, -0.05) is 0 Å². The summed E-state index contributed by atoms with van der Waals surface area (Å²) in [5, 5.41) is 46.9. The van der Waals surface area contributed by atoms with E-state index in [9.17, 15) is 20.4 Å². The Bertz CT molecular complexity index is 422. The minimum absolute atomic E-state index is 0.212. The first-order chi connectivity index (χ1) is 8.79. The standard InChI is InChI=1S/C9H17N5O5/c10-7-3(8(11)14-9(12)13-7)5(18)6(19)4(17)2(16)1-15/h2,4-6,15-19H,1H2,(H6,10,11,12,13,14). The van der Waals surface area contributed by atoms with Crippen LogP contribution in [0, 0.1) is 0 Å². The third kappa shape index (κ3) is 3.19. The van der Waals surface area contributed by atoms with E-state index in [1.165, 1.54) is 0 Å². The van der Waals surface area contributed by atoms with E-state index in [2.05, 4.69) is 9.97 Å². The molecule has 4 atom stereocenters. The first-order valence-corrected chi connectivity index (χ1v) is 5.31. The molecule has 1 aromatic rings. The molecule has 11 N–H and O–H groups in total. The lowest BCUT2D eigenvalue weighted by Gasteiger charge is -2.26. The van der Waals surface area contributed by atoms with Crippen molar-refractivity contribution in [3.63, 3.8) is 0 Å². The molecule has 0 amide bonds. The van der Waals surface area contributed by atoms with Crippen LogP contribution in [0.1, 0.15) is 11.7 Å². The van der Waals surface area contributed by atoms with Crippen molar-refractivity contribution in [2.45, 2.75) is 24.4 Å². The predicted octanol–water partition coefficient (Wildman–Crippen LogP) is -3.67.